The van der Waals surface area contributed by atoms with Crippen LogP contribution in [-0.2, 0) is 7.05 Å². The molecule has 1 amide bonds. The van der Waals surface area contributed by atoms with Crippen LogP contribution in [0.25, 0.3) is 11.0 Å². The second kappa shape index (κ2) is 4.62. The molecule has 2 aromatic heterocycles. The van der Waals surface area contributed by atoms with Crippen LogP contribution in [0.5, 0.6) is 0 Å². The molecule has 0 saturated heterocycles. The van der Waals surface area contributed by atoms with Gasteiger partial charge in [-0.2, -0.15) is 0 Å². The van der Waals surface area contributed by atoms with Crippen molar-refractivity contribution in [2.75, 3.05) is 5.75 Å². The number of aromatic nitrogens is 3. The molecule has 96 valence electrons. The minimum absolute atomic E-state index is 0.226. The zero-order valence-corrected chi connectivity index (χ0v) is 11.5. The van der Waals surface area contributed by atoms with Gasteiger partial charge >= 0.3 is 0 Å². The van der Waals surface area contributed by atoms with Crippen molar-refractivity contribution in [2.24, 2.45) is 12.8 Å². The molecular weight excluding hydrogens is 272 g/mol. The zero-order valence-electron chi connectivity index (χ0n) is 9.86. The first-order chi connectivity index (χ1) is 8.47. The van der Waals surface area contributed by atoms with E-state index in [1.807, 2.05) is 6.92 Å². The molecule has 0 fully saturated rings. The summed E-state index contributed by atoms with van der Waals surface area (Å²) in [5, 5.41) is 0.850. The molecule has 0 unspecified atom stereocenters. The minimum atomic E-state index is -0.625. The first-order valence-corrected chi connectivity index (χ1v) is 6.64. The summed E-state index contributed by atoms with van der Waals surface area (Å²) in [6.45, 7) is 1.95. The highest BCUT2D eigenvalue weighted by Crippen LogP contribution is 2.26. The molecule has 0 aliphatic rings. The van der Waals surface area contributed by atoms with Crippen molar-refractivity contribution >= 4 is 40.9 Å². The van der Waals surface area contributed by atoms with E-state index in [-0.39, 0.29) is 21.3 Å². The Kier molecular flexibility index (Phi) is 3.31. The Hall–Kier alpha value is -1.54. The molecule has 4 N–H and O–H groups in total. The van der Waals surface area contributed by atoms with Crippen LogP contribution < -0.4 is 11.3 Å². The quantitative estimate of drug-likeness (QED) is 0.581. The Balaban J connectivity index is 2.96. The van der Waals surface area contributed by atoms with E-state index < -0.39 is 5.91 Å². The number of aromatic amines is 2. The van der Waals surface area contributed by atoms with Crippen molar-refractivity contribution in [2.45, 2.75) is 11.9 Å². The number of carbonyl (C=O) groups is 1. The number of nitrogens with two attached hydrogens (primary N) is 1. The maximum absolute atomic E-state index is 12.1. The topological polar surface area (TPSA) is 96.7 Å². The summed E-state index contributed by atoms with van der Waals surface area (Å²) in [6.07, 6.45) is 0. The van der Waals surface area contributed by atoms with Gasteiger partial charge in [0.15, 0.2) is 4.77 Å². The normalized spacial score (nSPS) is 11.0. The van der Waals surface area contributed by atoms with Gasteiger partial charge in [-0.3, -0.25) is 14.2 Å². The average molecular weight is 284 g/mol. The third-order valence-electron chi connectivity index (χ3n) is 2.56. The highest BCUT2D eigenvalue weighted by Gasteiger charge is 2.20. The lowest BCUT2D eigenvalue weighted by Gasteiger charge is -1.99. The van der Waals surface area contributed by atoms with E-state index in [0.717, 1.165) is 5.75 Å². The lowest BCUT2D eigenvalue weighted by molar-refractivity contribution is 0.0999. The van der Waals surface area contributed by atoms with Gasteiger partial charge in [-0.1, -0.05) is 6.92 Å². The molecular formula is C10H12N4O2S2. The number of H-pyrrole nitrogens is 2. The predicted molar refractivity (Wildman–Crippen MR) is 73.6 cm³/mol. The Labute approximate surface area is 112 Å². The van der Waals surface area contributed by atoms with Gasteiger partial charge in [0.1, 0.15) is 5.65 Å². The summed E-state index contributed by atoms with van der Waals surface area (Å²) in [7, 11) is 1.55. The third-order valence-corrected chi connectivity index (χ3v) is 3.82. The second-order valence-corrected chi connectivity index (χ2v) is 5.33. The molecule has 0 bridgehead atoms. The standard InChI is InChI=1S/C10H12N4O2S2/c1-3-18-8-4(6(11)15)5-7(12-8)13-10(17)14(2)9(5)16/h12H,3H2,1-2H3,(H2,11,15)(H,13,17). The van der Waals surface area contributed by atoms with E-state index in [0.29, 0.717) is 10.7 Å². The van der Waals surface area contributed by atoms with Crippen molar-refractivity contribution in [3.63, 3.8) is 0 Å². The van der Waals surface area contributed by atoms with E-state index in [1.165, 1.54) is 16.3 Å². The number of fused-ring (bicyclic) bond motifs is 1. The Morgan fingerprint density at radius 3 is 2.72 bits per heavy atom. The van der Waals surface area contributed by atoms with Gasteiger partial charge in [-0.25, -0.2) is 0 Å². The van der Waals surface area contributed by atoms with Gasteiger partial charge in [-0.15, -0.1) is 11.8 Å². The van der Waals surface area contributed by atoms with Gasteiger partial charge in [0, 0.05) is 7.05 Å². The third kappa shape index (κ3) is 1.87. The maximum Gasteiger partial charge on any atom is 0.264 e. The molecule has 0 saturated carbocycles. The van der Waals surface area contributed by atoms with Gasteiger partial charge in [0.05, 0.1) is 16.0 Å². The fourth-order valence-corrected chi connectivity index (χ4v) is 2.72. The lowest BCUT2D eigenvalue weighted by atomic mass is 10.2. The molecule has 0 aliphatic heterocycles. The number of primary amides is 1. The Morgan fingerprint density at radius 2 is 2.17 bits per heavy atom. The second-order valence-electron chi connectivity index (χ2n) is 3.67. The van der Waals surface area contributed by atoms with Crippen LogP contribution in [0.3, 0.4) is 0 Å². The average Bonchev–Trinajstić information content (AvgIpc) is 2.65. The summed E-state index contributed by atoms with van der Waals surface area (Å²) >= 11 is 6.43. The van der Waals surface area contributed by atoms with Crippen LogP contribution >= 0.6 is 24.0 Å². The first kappa shape index (κ1) is 12.9. The number of hydrogen-bond donors (Lipinski definition) is 3. The van der Waals surface area contributed by atoms with Gasteiger partial charge in [-0.05, 0) is 18.0 Å². The van der Waals surface area contributed by atoms with Crippen LogP contribution in [-0.4, -0.2) is 26.2 Å². The number of nitrogens with zero attached hydrogens (tertiary/aromatic N) is 1. The highest BCUT2D eigenvalue weighted by atomic mass is 32.2. The Bertz CT molecular complexity index is 741. The van der Waals surface area contributed by atoms with Gasteiger partial charge < -0.3 is 15.7 Å². The fraction of sp³-hybridized carbons (Fsp3) is 0.300. The number of thioether (sulfide) groups is 1. The number of carbonyl (C=O) groups excluding carboxylic acids is 1. The van der Waals surface area contributed by atoms with Gasteiger partial charge in [0.2, 0.25) is 0 Å². The summed E-state index contributed by atoms with van der Waals surface area (Å²) < 4.78 is 1.57. The molecule has 8 heteroatoms. The van der Waals surface area contributed by atoms with Crippen LogP contribution in [0.2, 0.25) is 0 Å². The molecule has 2 aromatic rings. The van der Waals surface area contributed by atoms with Crippen molar-refractivity contribution in [1.82, 2.24) is 14.5 Å². The fourth-order valence-electron chi connectivity index (χ4n) is 1.72. The number of rotatable bonds is 3. The molecule has 2 heterocycles. The van der Waals surface area contributed by atoms with E-state index in [9.17, 15) is 9.59 Å². The van der Waals surface area contributed by atoms with Crippen molar-refractivity contribution in [3.8, 4) is 0 Å². The maximum atomic E-state index is 12.1. The molecule has 0 spiro atoms. The molecule has 6 nitrogen and oxygen atoms in total. The van der Waals surface area contributed by atoms with Crippen molar-refractivity contribution in [1.29, 1.82) is 0 Å². The monoisotopic (exact) mass is 284 g/mol. The van der Waals surface area contributed by atoms with Crippen LogP contribution in [0.1, 0.15) is 17.3 Å². The SMILES string of the molecule is CCSc1[nH]c2[nH]c(=S)n(C)c(=O)c2c1C(N)=O. The van der Waals surface area contributed by atoms with E-state index in [1.54, 1.807) is 7.05 Å². The van der Waals surface area contributed by atoms with Crippen LogP contribution in [0.4, 0.5) is 0 Å². The zero-order chi connectivity index (χ0) is 13.4. The Morgan fingerprint density at radius 1 is 1.50 bits per heavy atom. The summed E-state index contributed by atoms with van der Waals surface area (Å²) in [5.74, 6) is 0.133. The lowest BCUT2D eigenvalue weighted by Crippen LogP contribution is -2.21. The molecule has 18 heavy (non-hydrogen) atoms. The largest absolute Gasteiger partial charge is 0.365 e. The van der Waals surface area contributed by atoms with Crippen LogP contribution in [0, 0.1) is 4.77 Å². The summed E-state index contributed by atoms with van der Waals surface area (Å²) in [4.78, 5) is 29.5. The van der Waals surface area contributed by atoms with Crippen LogP contribution in [0.15, 0.2) is 9.82 Å². The molecule has 0 aromatic carbocycles. The number of hydrogen-bond acceptors (Lipinski definition) is 4. The number of amides is 1. The molecule has 0 aliphatic carbocycles. The van der Waals surface area contributed by atoms with E-state index >= 15 is 0 Å². The molecule has 0 radical (unpaired) electrons. The highest BCUT2D eigenvalue weighted by molar-refractivity contribution is 7.99. The molecule has 0 atom stereocenters. The van der Waals surface area contributed by atoms with Crippen molar-refractivity contribution in [3.05, 3.63) is 20.7 Å². The number of nitrogens with one attached hydrogen (secondary N) is 2. The summed E-state index contributed by atoms with van der Waals surface area (Å²) in [6, 6.07) is 0. The van der Waals surface area contributed by atoms with Gasteiger partial charge in [0.25, 0.3) is 11.5 Å². The first-order valence-electron chi connectivity index (χ1n) is 5.25. The van der Waals surface area contributed by atoms with Crippen molar-refractivity contribution < 1.29 is 4.79 Å². The smallest absolute Gasteiger partial charge is 0.264 e. The molecule has 2 rings (SSSR count). The van der Waals surface area contributed by atoms with E-state index in [4.69, 9.17) is 18.0 Å². The summed E-state index contributed by atoms with van der Waals surface area (Å²) in [5.41, 5.74) is 5.68. The van der Waals surface area contributed by atoms with E-state index in [2.05, 4.69) is 9.97 Å². The minimum Gasteiger partial charge on any atom is -0.365 e. The predicted octanol–water partition coefficient (Wildman–Crippen LogP) is 1.14.